The standard InChI is InChI=1S/C27H28N6O2/c1-32-17-24(30-31-32)22-13-15-33(18-23(22)29-27(35)21-7-3-2-4-8-21)26-25-19(11-6-16-34)9-5-10-20(25)12-14-28-26/h2-12,14,17,22-23,34H,13,15-16,18H2,1H3,(H,29,35)/b11-6-/t22?,23-/m0/s1. The lowest BCUT2D eigenvalue weighted by Crippen LogP contribution is -2.52. The molecule has 178 valence electrons. The average Bonchev–Trinajstić information content (AvgIpc) is 3.33. The number of aliphatic hydroxyl groups is 1. The summed E-state index contributed by atoms with van der Waals surface area (Å²) in [4.78, 5) is 20.1. The van der Waals surface area contributed by atoms with Crippen molar-refractivity contribution in [3.05, 3.63) is 89.9 Å². The Labute approximate surface area is 203 Å². The molecule has 8 nitrogen and oxygen atoms in total. The number of hydrogen-bond acceptors (Lipinski definition) is 6. The number of aryl methyl sites for hydroxylation is 1. The largest absolute Gasteiger partial charge is 0.392 e. The number of nitrogens with zero attached hydrogens (tertiary/aromatic N) is 5. The van der Waals surface area contributed by atoms with Crippen molar-refractivity contribution in [2.24, 2.45) is 7.05 Å². The lowest BCUT2D eigenvalue weighted by atomic mass is 9.88. The van der Waals surface area contributed by atoms with Gasteiger partial charge in [0.1, 0.15) is 5.82 Å². The summed E-state index contributed by atoms with van der Waals surface area (Å²) in [6.07, 6.45) is 8.20. The van der Waals surface area contributed by atoms with Crippen LogP contribution >= 0.6 is 0 Å². The van der Waals surface area contributed by atoms with Crippen LogP contribution in [0, 0.1) is 0 Å². The first-order valence-corrected chi connectivity index (χ1v) is 11.8. The van der Waals surface area contributed by atoms with E-state index in [0.717, 1.165) is 40.8 Å². The number of aliphatic hydroxyl groups excluding tert-OH is 1. The quantitative estimate of drug-likeness (QED) is 0.451. The third-order valence-corrected chi connectivity index (χ3v) is 6.47. The Morgan fingerprint density at radius 1 is 1.17 bits per heavy atom. The number of piperidine rings is 1. The predicted octanol–water partition coefficient (Wildman–Crippen LogP) is 3.16. The highest BCUT2D eigenvalue weighted by Gasteiger charge is 2.34. The minimum absolute atomic E-state index is 0.0247. The number of benzene rings is 2. The molecule has 1 unspecified atom stereocenters. The highest BCUT2D eigenvalue weighted by atomic mass is 16.2. The third-order valence-electron chi connectivity index (χ3n) is 6.47. The summed E-state index contributed by atoms with van der Waals surface area (Å²) in [7, 11) is 1.85. The molecule has 0 radical (unpaired) electrons. The Kier molecular flexibility index (Phi) is 6.54. The molecule has 3 heterocycles. The maximum absolute atomic E-state index is 13.1. The molecule has 1 saturated heterocycles. The van der Waals surface area contributed by atoms with Gasteiger partial charge in [-0.1, -0.05) is 53.8 Å². The molecule has 2 N–H and O–H groups in total. The summed E-state index contributed by atoms with van der Waals surface area (Å²) >= 11 is 0. The number of amides is 1. The fraction of sp³-hybridized carbons (Fsp3) is 0.259. The Balaban J connectivity index is 1.50. The minimum atomic E-state index is -0.176. The van der Waals surface area contributed by atoms with E-state index in [1.165, 1.54) is 0 Å². The van der Waals surface area contributed by atoms with Crippen molar-refractivity contribution >= 4 is 28.6 Å². The number of anilines is 1. The average molecular weight is 469 g/mol. The second-order valence-corrected chi connectivity index (χ2v) is 8.77. The van der Waals surface area contributed by atoms with Gasteiger partial charge in [-0.25, -0.2) is 4.98 Å². The Hall–Kier alpha value is -4.04. The molecule has 2 atom stereocenters. The van der Waals surface area contributed by atoms with E-state index in [4.69, 9.17) is 4.98 Å². The van der Waals surface area contributed by atoms with Crippen LogP contribution in [0.25, 0.3) is 16.8 Å². The van der Waals surface area contributed by atoms with Crippen LogP contribution in [0.15, 0.2) is 73.1 Å². The van der Waals surface area contributed by atoms with Crippen LogP contribution in [-0.2, 0) is 7.05 Å². The zero-order valence-corrected chi connectivity index (χ0v) is 19.6. The topological polar surface area (TPSA) is 96.2 Å². The SMILES string of the molecule is Cn1cc(C2CCN(c3nccc4cccc(/C=C\CO)c34)C[C@@H]2NC(=O)c2ccccc2)nn1. The van der Waals surface area contributed by atoms with Gasteiger partial charge in [0.2, 0.25) is 0 Å². The summed E-state index contributed by atoms with van der Waals surface area (Å²) in [6.45, 7) is 1.33. The summed E-state index contributed by atoms with van der Waals surface area (Å²) < 4.78 is 1.70. The highest BCUT2D eigenvalue weighted by molar-refractivity contribution is 5.99. The molecule has 8 heteroatoms. The van der Waals surface area contributed by atoms with Crippen molar-refractivity contribution in [2.45, 2.75) is 18.4 Å². The molecule has 1 aliphatic rings. The van der Waals surface area contributed by atoms with Crippen LogP contribution in [-0.4, -0.2) is 56.7 Å². The molecule has 1 aliphatic heterocycles. The zero-order valence-electron chi connectivity index (χ0n) is 19.6. The Morgan fingerprint density at radius 2 is 2.03 bits per heavy atom. The van der Waals surface area contributed by atoms with Gasteiger partial charge in [0, 0.05) is 49.4 Å². The van der Waals surface area contributed by atoms with Gasteiger partial charge < -0.3 is 15.3 Å². The van der Waals surface area contributed by atoms with Gasteiger partial charge >= 0.3 is 0 Å². The van der Waals surface area contributed by atoms with E-state index in [1.807, 2.05) is 74.0 Å². The molecule has 0 aliphatic carbocycles. The molecular formula is C27H28N6O2. The lowest BCUT2D eigenvalue weighted by Gasteiger charge is -2.39. The number of aromatic nitrogens is 4. The first-order valence-electron chi connectivity index (χ1n) is 11.8. The third kappa shape index (κ3) is 4.79. The van der Waals surface area contributed by atoms with Crippen LogP contribution in [0.5, 0.6) is 0 Å². The smallest absolute Gasteiger partial charge is 0.251 e. The second-order valence-electron chi connectivity index (χ2n) is 8.77. The number of hydrogen-bond donors (Lipinski definition) is 2. The molecular weight excluding hydrogens is 440 g/mol. The monoisotopic (exact) mass is 468 g/mol. The Bertz CT molecular complexity index is 1350. The normalized spacial score (nSPS) is 18.3. The molecule has 35 heavy (non-hydrogen) atoms. The number of rotatable bonds is 6. The molecule has 1 fully saturated rings. The van der Waals surface area contributed by atoms with Crippen LogP contribution < -0.4 is 10.2 Å². The molecule has 2 aromatic heterocycles. The maximum atomic E-state index is 13.1. The number of fused-ring (bicyclic) bond motifs is 1. The van der Waals surface area contributed by atoms with Gasteiger partial charge in [0.05, 0.1) is 18.3 Å². The van der Waals surface area contributed by atoms with Crippen molar-refractivity contribution in [1.82, 2.24) is 25.3 Å². The van der Waals surface area contributed by atoms with Gasteiger partial charge in [-0.15, -0.1) is 5.10 Å². The minimum Gasteiger partial charge on any atom is -0.392 e. The highest BCUT2D eigenvalue weighted by Crippen LogP contribution is 2.34. The van der Waals surface area contributed by atoms with Crippen molar-refractivity contribution < 1.29 is 9.90 Å². The number of pyridine rings is 1. The number of nitrogens with one attached hydrogen (secondary N) is 1. The Morgan fingerprint density at radius 3 is 2.80 bits per heavy atom. The van der Waals surface area contributed by atoms with E-state index in [1.54, 1.807) is 10.8 Å². The molecule has 5 rings (SSSR count). The van der Waals surface area contributed by atoms with Gasteiger partial charge in [-0.05, 0) is 35.6 Å². The van der Waals surface area contributed by atoms with Crippen LogP contribution in [0.3, 0.4) is 0 Å². The van der Waals surface area contributed by atoms with Gasteiger partial charge in [0.25, 0.3) is 5.91 Å². The first-order chi connectivity index (χ1) is 17.1. The second kappa shape index (κ2) is 10.1. The summed E-state index contributed by atoms with van der Waals surface area (Å²) in [6, 6.07) is 17.2. The van der Waals surface area contributed by atoms with Crippen LogP contribution in [0.2, 0.25) is 0 Å². The van der Waals surface area contributed by atoms with Crippen molar-refractivity contribution in [2.75, 3.05) is 24.6 Å². The van der Waals surface area contributed by atoms with Crippen molar-refractivity contribution in [1.29, 1.82) is 0 Å². The van der Waals surface area contributed by atoms with Crippen molar-refractivity contribution in [3.8, 4) is 0 Å². The maximum Gasteiger partial charge on any atom is 0.251 e. The zero-order chi connectivity index (χ0) is 24.2. The predicted molar refractivity (Wildman–Crippen MR) is 136 cm³/mol. The van der Waals surface area contributed by atoms with E-state index in [9.17, 15) is 9.90 Å². The number of carbonyl (C=O) groups excluding carboxylic acids is 1. The van der Waals surface area contributed by atoms with E-state index in [2.05, 4.69) is 26.6 Å². The fourth-order valence-electron chi connectivity index (χ4n) is 4.82. The van der Waals surface area contributed by atoms with Crippen molar-refractivity contribution in [3.63, 3.8) is 0 Å². The van der Waals surface area contributed by atoms with E-state index < -0.39 is 0 Å². The fourth-order valence-corrected chi connectivity index (χ4v) is 4.82. The summed E-state index contributed by atoms with van der Waals surface area (Å²) in [5.41, 5.74) is 2.51. The lowest BCUT2D eigenvalue weighted by molar-refractivity contribution is 0.0927. The first kappa shape index (κ1) is 22.7. The van der Waals surface area contributed by atoms with Crippen LogP contribution in [0.1, 0.15) is 34.0 Å². The van der Waals surface area contributed by atoms with Gasteiger partial charge in [-0.3, -0.25) is 9.48 Å². The van der Waals surface area contributed by atoms with E-state index >= 15 is 0 Å². The van der Waals surface area contributed by atoms with Gasteiger partial charge in [-0.2, -0.15) is 0 Å². The molecule has 4 aromatic rings. The molecule has 1 amide bonds. The van der Waals surface area contributed by atoms with E-state index in [0.29, 0.717) is 12.1 Å². The van der Waals surface area contributed by atoms with Gasteiger partial charge in [0.15, 0.2) is 0 Å². The molecule has 2 aromatic carbocycles. The molecule has 0 spiro atoms. The summed E-state index contributed by atoms with van der Waals surface area (Å²) in [5.74, 6) is 0.803. The summed E-state index contributed by atoms with van der Waals surface area (Å²) in [5, 5.41) is 23.2. The van der Waals surface area contributed by atoms with E-state index in [-0.39, 0.29) is 24.5 Å². The number of carbonyl (C=O) groups is 1. The molecule has 0 saturated carbocycles. The van der Waals surface area contributed by atoms with Crippen LogP contribution in [0.4, 0.5) is 5.82 Å². The molecule has 0 bridgehead atoms.